The smallest absolute Gasteiger partial charge is 0.227 e. The summed E-state index contributed by atoms with van der Waals surface area (Å²) in [4.78, 5) is 29.1. The molecule has 1 aromatic carbocycles. The molecule has 1 fully saturated rings. The third-order valence-electron chi connectivity index (χ3n) is 5.35. The fraction of sp³-hybridized carbons (Fsp3) is 0.409. The van der Waals surface area contributed by atoms with E-state index >= 15 is 0 Å². The summed E-state index contributed by atoms with van der Waals surface area (Å²) in [5.41, 5.74) is 1.64. The number of rotatable bonds is 7. The molecule has 0 spiro atoms. The number of nitrogens with zero attached hydrogens (tertiary/aromatic N) is 1. The Labute approximate surface area is 170 Å². The maximum absolute atomic E-state index is 12.7. The van der Waals surface area contributed by atoms with Gasteiger partial charge in [-0.1, -0.05) is 0 Å². The molecule has 2 amide bonds. The monoisotopic (exact) mass is 397 g/mol. The Balaban J connectivity index is 1.48. The van der Waals surface area contributed by atoms with Gasteiger partial charge in [0.05, 0.1) is 19.9 Å². The van der Waals surface area contributed by atoms with Crippen LogP contribution in [0, 0.1) is 11.8 Å². The van der Waals surface area contributed by atoms with E-state index in [1.54, 1.807) is 44.8 Å². The van der Waals surface area contributed by atoms with E-state index in [9.17, 15) is 9.59 Å². The van der Waals surface area contributed by atoms with E-state index < -0.39 is 0 Å². The van der Waals surface area contributed by atoms with E-state index in [1.807, 2.05) is 12.1 Å². The van der Waals surface area contributed by atoms with Crippen molar-refractivity contribution in [1.82, 2.24) is 10.3 Å². The zero-order valence-corrected chi connectivity index (χ0v) is 16.8. The number of hydrogen-bond acceptors (Lipinski definition) is 5. The molecule has 154 valence electrons. The van der Waals surface area contributed by atoms with Crippen molar-refractivity contribution >= 4 is 17.5 Å². The van der Waals surface area contributed by atoms with Gasteiger partial charge in [-0.25, -0.2) is 0 Å². The van der Waals surface area contributed by atoms with E-state index in [-0.39, 0.29) is 23.7 Å². The third-order valence-corrected chi connectivity index (χ3v) is 5.35. The molecule has 1 saturated carbocycles. The second kappa shape index (κ2) is 9.91. The van der Waals surface area contributed by atoms with Crippen molar-refractivity contribution in [3.63, 3.8) is 0 Å². The molecular formula is C22H27N3O4. The third kappa shape index (κ3) is 5.47. The number of methoxy groups -OCH3 is 2. The Morgan fingerprint density at radius 2 is 1.62 bits per heavy atom. The van der Waals surface area contributed by atoms with Crippen LogP contribution in [-0.4, -0.2) is 31.0 Å². The van der Waals surface area contributed by atoms with E-state index in [1.165, 1.54) is 0 Å². The molecule has 0 unspecified atom stereocenters. The number of pyridine rings is 1. The molecule has 29 heavy (non-hydrogen) atoms. The van der Waals surface area contributed by atoms with Crippen molar-refractivity contribution < 1.29 is 19.1 Å². The average Bonchev–Trinajstić information content (AvgIpc) is 2.78. The van der Waals surface area contributed by atoms with Crippen molar-refractivity contribution in [2.75, 3.05) is 19.5 Å². The summed E-state index contributed by atoms with van der Waals surface area (Å²) >= 11 is 0. The van der Waals surface area contributed by atoms with Gasteiger partial charge in [0.1, 0.15) is 11.5 Å². The summed E-state index contributed by atoms with van der Waals surface area (Å²) in [6.07, 6.45) is 6.22. The molecule has 3 rings (SSSR count). The predicted octanol–water partition coefficient (Wildman–Crippen LogP) is 3.16. The largest absolute Gasteiger partial charge is 0.497 e. The van der Waals surface area contributed by atoms with Crippen molar-refractivity contribution in [2.45, 2.75) is 32.2 Å². The van der Waals surface area contributed by atoms with Crippen LogP contribution in [0.15, 0.2) is 42.7 Å². The van der Waals surface area contributed by atoms with Gasteiger partial charge in [0.15, 0.2) is 0 Å². The molecule has 1 heterocycles. The molecular weight excluding hydrogens is 370 g/mol. The summed E-state index contributed by atoms with van der Waals surface area (Å²) in [6.45, 7) is 0.499. The summed E-state index contributed by atoms with van der Waals surface area (Å²) in [7, 11) is 3.14. The fourth-order valence-corrected chi connectivity index (χ4v) is 3.59. The number of benzene rings is 1. The molecule has 7 heteroatoms. The van der Waals surface area contributed by atoms with Crippen LogP contribution in [0.4, 0.5) is 5.69 Å². The zero-order chi connectivity index (χ0) is 20.6. The van der Waals surface area contributed by atoms with Gasteiger partial charge in [0.25, 0.3) is 0 Å². The molecule has 2 aromatic rings. The molecule has 0 atom stereocenters. The van der Waals surface area contributed by atoms with Crippen LogP contribution < -0.4 is 20.1 Å². The Morgan fingerprint density at radius 3 is 2.24 bits per heavy atom. The van der Waals surface area contributed by atoms with E-state index in [2.05, 4.69) is 15.6 Å². The summed E-state index contributed by atoms with van der Waals surface area (Å²) in [5, 5.41) is 5.93. The highest BCUT2D eigenvalue weighted by Gasteiger charge is 2.30. The van der Waals surface area contributed by atoms with Gasteiger partial charge >= 0.3 is 0 Å². The molecule has 1 aliphatic rings. The first-order valence-corrected chi connectivity index (χ1v) is 9.80. The lowest BCUT2D eigenvalue weighted by Crippen LogP contribution is -2.35. The highest BCUT2D eigenvalue weighted by molar-refractivity contribution is 5.94. The minimum atomic E-state index is -0.106. The zero-order valence-electron chi connectivity index (χ0n) is 16.8. The SMILES string of the molecule is COc1ccc(NC(=O)C2CCC(C(=O)NCc3ccncc3)CC2)c(OC)c1. The van der Waals surface area contributed by atoms with Crippen LogP contribution in [-0.2, 0) is 16.1 Å². The topological polar surface area (TPSA) is 89.5 Å². The fourth-order valence-electron chi connectivity index (χ4n) is 3.59. The number of ether oxygens (including phenoxy) is 2. The van der Waals surface area contributed by atoms with Gasteiger partial charge in [-0.05, 0) is 55.5 Å². The summed E-state index contributed by atoms with van der Waals surface area (Å²) in [5.74, 6) is 1.09. The quantitative estimate of drug-likeness (QED) is 0.749. The van der Waals surface area contributed by atoms with E-state index in [0.717, 1.165) is 5.56 Å². The molecule has 0 aliphatic heterocycles. The van der Waals surface area contributed by atoms with Crippen molar-refractivity contribution in [2.24, 2.45) is 11.8 Å². The molecule has 0 radical (unpaired) electrons. The molecule has 1 aromatic heterocycles. The number of anilines is 1. The van der Waals surface area contributed by atoms with Crippen LogP contribution in [0.5, 0.6) is 11.5 Å². The van der Waals surface area contributed by atoms with Crippen LogP contribution in [0.2, 0.25) is 0 Å². The van der Waals surface area contributed by atoms with Crippen molar-refractivity contribution in [3.05, 3.63) is 48.3 Å². The number of aromatic nitrogens is 1. The predicted molar refractivity (Wildman–Crippen MR) is 110 cm³/mol. The van der Waals surface area contributed by atoms with Crippen molar-refractivity contribution in [3.8, 4) is 11.5 Å². The van der Waals surface area contributed by atoms with Gasteiger partial charge in [-0.15, -0.1) is 0 Å². The average molecular weight is 397 g/mol. The van der Waals surface area contributed by atoms with E-state index in [4.69, 9.17) is 9.47 Å². The lowest BCUT2D eigenvalue weighted by atomic mass is 9.81. The number of nitrogens with one attached hydrogen (secondary N) is 2. The Bertz CT molecular complexity index is 833. The molecule has 0 saturated heterocycles. The lowest BCUT2D eigenvalue weighted by Gasteiger charge is -2.27. The Kier molecular flexibility index (Phi) is 7.05. The van der Waals surface area contributed by atoms with Gasteiger partial charge in [-0.3, -0.25) is 14.6 Å². The molecule has 1 aliphatic carbocycles. The molecule has 7 nitrogen and oxygen atoms in total. The van der Waals surface area contributed by atoms with Crippen LogP contribution in [0.1, 0.15) is 31.2 Å². The van der Waals surface area contributed by atoms with Gasteiger partial charge < -0.3 is 20.1 Å². The van der Waals surface area contributed by atoms with Crippen LogP contribution >= 0.6 is 0 Å². The molecule has 2 N–H and O–H groups in total. The van der Waals surface area contributed by atoms with Gasteiger partial charge in [0, 0.05) is 36.8 Å². The standard InChI is InChI=1S/C22H27N3O4/c1-28-18-7-8-19(20(13-18)29-2)25-22(27)17-5-3-16(4-6-17)21(26)24-14-15-9-11-23-12-10-15/h7-13,16-17H,3-6,14H2,1-2H3,(H,24,26)(H,25,27). The second-order valence-corrected chi connectivity index (χ2v) is 7.18. The summed E-state index contributed by atoms with van der Waals surface area (Å²) < 4.78 is 10.5. The lowest BCUT2D eigenvalue weighted by molar-refractivity contribution is -0.128. The summed E-state index contributed by atoms with van der Waals surface area (Å²) in [6, 6.07) is 9.06. The maximum atomic E-state index is 12.7. The highest BCUT2D eigenvalue weighted by atomic mass is 16.5. The van der Waals surface area contributed by atoms with Crippen LogP contribution in [0.3, 0.4) is 0 Å². The second-order valence-electron chi connectivity index (χ2n) is 7.18. The first-order valence-electron chi connectivity index (χ1n) is 9.80. The first-order chi connectivity index (χ1) is 14.1. The van der Waals surface area contributed by atoms with E-state index in [0.29, 0.717) is 49.4 Å². The minimum absolute atomic E-state index is 0.0379. The maximum Gasteiger partial charge on any atom is 0.227 e. The minimum Gasteiger partial charge on any atom is -0.497 e. The number of carbonyl (C=O) groups excluding carboxylic acids is 2. The van der Waals surface area contributed by atoms with Gasteiger partial charge in [0.2, 0.25) is 11.8 Å². The number of carbonyl (C=O) groups is 2. The van der Waals surface area contributed by atoms with Crippen LogP contribution in [0.25, 0.3) is 0 Å². The molecule has 0 bridgehead atoms. The Morgan fingerprint density at radius 1 is 0.966 bits per heavy atom. The number of amides is 2. The highest BCUT2D eigenvalue weighted by Crippen LogP contribution is 2.33. The van der Waals surface area contributed by atoms with Gasteiger partial charge in [-0.2, -0.15) is 0 Å². The number of hydrogen-bond donors (Lipinski definition) is 2. The first kappa shape index (κ1) is 20.6. The van der Waals surface area contributed by atoms with Crippen molar-refractivity contribution in [1.29, 1.82) is 0 Å². The Hall–Kier alpha value is -3.09. The normalized spacial score (nSPS) is 18.6.